The molecule has 0 saturated heterocycles. The lowest BCUT2D eigenvalue weighted by Crippen LogP contribution is -2.31. The number of fused-ring (bicyclic) bond motifs is 1. The molecule has 2 heterocycles. The molecule has 7 heteroatoms. The first-order valence-corrected chi connectivity index (χ1v) is 7.42. The van der Waals surface area contributed by atoms with Gasteiger partial charge in [-0.05, 0) is 12.5 Å². The van der Waals surface area contributed by atoms with Gasteiger partial charge in [0.25, 0.3) is 5.56 Å². The number of nitrogens with two attached hydrogens (primary N) is 1. The van der Waals surface area contributed by atoms with Crippen LogP contribution in [-0.2, 0) is 17.8 Å². The van der Waals surface area contributed by atoms with E-state index >= 15 is 0 Å². The van der Waals surface area contributed by atoms with E-state index in [1.807, 2.05) is 13.0 Å². The van der Waals surface area contributed by atoms with E-state index in [-0.39, 0.29) is 17.9 Å². The van der Waals surface area contributed by atoms with Crippen molar-refractivity contribution in [1.29, 1.82) is 0 Å². The molecule has 0 unspecified atom stereocenters. The second-order valence-electron chi connectivity index (χ2n) is 4.42. The predicted molar refractivity (Wildman–Crippen MR) is 79.9 cm³/mol. The lowest BCUT2D eigenvalue weighted by molar-refractivity contribution is -0.121. The summed E-state index contributed by atoms with van der Waals surface area (Å²) in [7, 11) is 0. The maximum atomic E-state index is 12.3. The van der Waals surface area contributed by atoms with Gasteiger partial charge in [0.2, 0.25) is 5.91 Å². The average molecular weight is 294 g/mol. The smallest absolute Gasteiger partial charge is 0.262 e. The van der Waals surface area contributed by atoms with Crippen molar-refractivity contribution in [1.82, 2.24) is 14.9 Å². The molecular formula is C13H18N4O2S. The molecule has 2 aromatic rings. The summed E-state index contributed by atoms with van der Waals surface area (Å²) in [6.07, 6.45) is 2.65. The third kappa shape index (κ3) is 3.23. The van der Waals surface area contributed by atoms with Gasteiger partial charge in [-0.15, -0.1) is 11.3 Å². The van der Waals surface area contributed by atoms with Crippen LogP contribution in [0.4, 0.5) is 0 Å². The third-order valence-electron chi connectivity index (χ3n) is 2.96. The Labute approximate surface area is 120 Å². The minimum Gasteiger partial charge on any atom is -0.355 e. The highest BCUT2D eigenvalue weighted by Gasteiger charge is 2.09. The zero-order valence-corrected chi connectivity index (χ0v) is 12.2. The lowest BCUT2D eigenvalue weighted by atomic mass is 10.3. The summed E-state index contributed by atoms with van der Waals surface area (Å²) in [5.74, 6) is -0.109. The molecule has 108 valence electrons. The fraction of sp³-hybridized carbons (Fsp3) is 0.462. The highest BCUT2D eigenvalue weighted by molar-refractivity contribution is 7.18. The first kappa shape index (κ1) is 14.7. The molecule has 6 nitrogen and oxygen atoms in total. The highest BCUT2D eigenvalue weighted by Crippen LogP contribution is 2.20. The SMILES string of the molecule is CCc1cc2c(=O)n(CCC(=O)NCCN)cnc2s1. The number of nitrogens with one attached hydrogen (secondary N) is 1. The summed E-state index contributed by atoms with van der Waals surface area (Å²) in [6.45, 7) is 3.24. The molecule has 0 atom stereocenters. The van der Waals surface area contributed by atoms with Crippen LogP contribution in [0.1, 0.15) is 18.2 Å². The standard InChI is InChI=1S/C13H18N4O2S/c1-2-9-7-10-12(20-9)16-8-17(13(10)19)6-3-11(18)15-5-4-14/h7-8H,2-6,14H2,1H3,(H,15,18). The van der Waals surface area contributed by atoms with Crippen LogP contribution < -0.4 is 16.6 Å². The number of hydrogen-bond donors (Lipinski definition) is 2. The van der Waals surface area contributed by atoms with E-state index < -0.39 is 0 Å². The molecule has 2 aromatic heterocycles. The van der Waals surface area contributed by atoms with Crippen molar-refractivity contribution in [2.45, 2.75) is 26.3 Å². The maximum Gasteiger partial charge on any atom is 0.262 e. The first-order chi connectivity index (χ1) is 9.65. The van der Waals surface area contributed by atoms with Crippen molar-refractivity contribution in [2.75, 3.05) is 13.1 Å². The van der Waals surface area contributed by atoms with Gasteiger partial charge >= 0.3 is 0 Å². The summed E-state index contributed by atoms with van der Waals surface area (Å²) >= 11 is 1.54. The largest absolute Gasteiger partial charge is 0.355 e. The fourth-order valence-corrected chi connectivity index (χ4v) is 2.79. The number of amides is 1. The number of carbonyl (C=O) groups is 1. The van der Waals surface area contributed by atoms with Crippen molar-refractivity contribution < 1.29 is 4.79 Å². The number of nitrogens with zero attached hydrogens (tertiary/aromatic N) is 2. The van der Waals surface area contributed by atoms with E-state index in [0.29, 0.717) is 25.0 Å². The zero-order valence-electron chi connectivity index (χ0n) is 11.4. The van der Waals surface area contributed by atoms with Crippen LogP contribution >= 0.6 is 11.3 Å². The monoisotopic (exact) mass is 294 g/mol. The van der Waals surface area contributed by atoms with E-state index in [1.165, 1.54) is 22.2 Å². The molecule has 3 N–H and O–H groups in total. The Morgan fingerprint density at radius 3 is 3.05 bits per heavy atom. The second kappa shape index (κ2) is 6.62. The third-order valence-corrected chi connectivity index (χ3v) is 4.15. The molecule has 20 heavy (non-hydrogen) atoms. The van der Waals surface area contributed by atoms with E-state index in [2.05, 4.69) is 10.3 Å². The Morgan fingerprint density at radius 1 is 1.55 bits per heavy atom. The van der Waals surface area contributed by atoms with E-state index in [1.54, 1.807) is 0 Å². The van der Waals surface area contributed by atoms with Crippen molar-refractivity contribution in [3.63, 3.8) is 0 Å². The van der Waals surface area contributed by atoms with Crippen molar-refractivity contribution in [2.24, 2.45) is 5.73 Å². The van der Waals surface area contributed by atoms with Gasteiger partial charge < -0.3 is 11.1 Å². The minimum atomic E-state index is -0.109. The van der Waals surface area contributed by atoms with Gasteiger partial charge in [0.15, 0.2) is 0 Å². The van der Waals surface area contributed by atoms with Gasteiger partial charge in [-0.3, -0.25) is 14.2 Å². The number of aromatic nitrogens is 2. The molecule has 0 saturated carbocycles. The summed E-state index contributed by atoms with van der Waals surface area (Å²) in [5, 5.41) is 3.31. The van der Waals surface area contributed by atoms with Crippen molar-refractivity contribution >= 4 is 27.5 Å². The molecule has 0 aliphatic rings. The quantitative estimate of drug-likeness (QED) is 0.811. The Kier molecular flexibility index (Phi) is 4.86. The Morgan fingerprint density at radius 2 is 2.35 bits per heavy atom. The second-order valence-corrected chi connectivity index (χ2v) is 5.53. The molecule has 2 rings (SSSR count). The molecule has 0 aliphatic heterocycles. The highest BCUT2D eigenvalue weighted by atomic mass is 32.1. The topological polar surface area (TPSA) is 90.0 Å². The summed E-state index contributed by atoms with van der Waals surface area (Å²) in [4.78, 5) is 29.9. The van der Waals surface area contributed by atoms with E-state index in [0.717, 1.165) is 16.1 Å². The molecule has 0 radical (unpaired) electrons. The molecular weight excluding hydrogens is 276 g/mol. The average Bonchev–Trinajstić information content (AvgIpc) is 2.88. The van der Waals surface area contributed by atoms with Crippen LogP contribution in [-0.4, -0.2) is 28.5 Å². The Balaban J connectivity index is 2.13. The molecule has 0 aromatic carbocycles. The summed E-state index contributed by atoms with van der Waals surface area (Å²) in [6, 6.07) is 1.89. The van der Waals surface area contributed by atoms with Gasteiger partial charge in [0, 0.05) is 30.9 Å². The van der Waals surface area contributed by atoms with Crippen molar-refractivity contribution in [3.8, 4) is 0 Å². The zero-order chi connectivity index (χ0) is 14.5. The first-order valence-electron chi connectivity index (χ1n) is 6.60. The predicted octanol–water partition coefficient (Wildman–Crippen LogP) is 0.485. The molecule has 0 aliphatic carbocycles. The van der Waals surface area contributed by atoms with Crippen molar-refractivity contribution in [3.05, 3.63) is 27.6 Å². The fourth-order valence-electron chi connectivity index (χ4n) is 1.87. The number of aryl methyl sites for hydroxylation is 2. The number of hydrogen-bond acceptors (Lipinski definition) is 5. The minimum absolute atomic E-state index is 0.0856. The van der Waals surface area contributed by atoms with Crippen LogP contribution in [0, 0.1) is 0 Å². The van der Waals surface area contributed by atoms with Crippen LogP contribution in [0.3, 0.4) is 0 Å². The number of thiophene rings is 1. The van der Waals surface area contributed by atoms with E-state index in [4.69, 9.17) is 5.73 Å². The van der Waals surface area contributed by atoms with Gasteiger partial charge in [0.05, 0.1) is 11.7 Å². The van der Waals surface area contributed by atoms with Crippen LogP contribution in [0.25, 0.3) is 10.2 Å². The molecule has 0 bridgehead atoms. The molecule has 1 amide bonds. The maximum absolute atomic E-state index is 12.3. The molecule has 0 fully saturated rings. The van der Waals surface area contributed by atoms with Crippen LogP contribution in [0.2, 0.25) is 0 Å². The van der Waals surface area contributed by atoms with Gasteiger partial charge in [-0.25, -0.2) is 4.98 Å². The molecule has 0 spiro atoms. The van der Waals surface area contributed by atoms with Gasteiger partial charge in [-0.1, -0.05) is 6.92 Å². The number of carbonyl (C=O) groups excluding carboxylic acids is 1. The number of rotatable bonds is 6. The van der Waals surface area contributed by atoms with Gasteiger partial charge in [-0.2, -0.15) is 0 Å². The van der Waals surface area contributed by atoms with Gasteiger partial charge in [0.1, 0.15) is 4.83 Å². The lowest BCUT2D eigenvalue weighted by Gasteiger charge is -2.05. The van der Waals surface area contributed by atoms with Crippen LogP contribution in [0.5, 0.6) is 0 Å². The Hall–Kier alpha value is -1.73. The van der Waals surface area contributed by atoms with E-state index in [9.17, 15) is 9.59 Å². The normalized spacial score (nSPS) is 10.9. The summed E-state index contributed by atoms with van der Waals surface area (Å²) in [5.41, 5.74) is 5.22. The van der Waals surface area contributed by atoms with Crippen LogP contribution in [0.15, 0.2) is 17.2 Å². The summed E-state index contributed by atoms with van der Waals surface area (Å²) < 4.78 is 1.48. The Bertz CT molecular complexity index is 662.